The third-order valence-corrected chi connectivity index (χ3v) is 19.9. The van der Waals surface area contributed by atoms with Crippen LogP contribution in [0.2, 0.25) is 0 Å². The van der Waals surface area contributed by atoms with E-state index in [0.717, 1.165) is 35.1 Å². The second kappa shape index (κ2) is 30.5. The number of benzene rings is 4. The first-order valence-electron chi connectivity index (χ1n) is 32.2. The molecule has 3 aromatic heterocycles. The number of rotatable bonds is 13. The summed E-state index contributed by atoms with van der Waals surface area (Å²) >= 11 is 17.0. The van der Waals surface area contributed by atoms with Gasteiger partial charge in [0.1, 0.15) is 34.9 Å². The van der Waals surface area contributed by atoms with Gasteiger partial charge in [0.25, 0.3) is 27.8 Å². The van der Waals surface area contributed by atoms with Crippen LogP contribution in [0.4, 0.5) is 51.2 Å². The number of nitrogens with zero attached hydrogens (tertiary/aromatic N) is 11. The third kappa shape index (κ3) is 15.7. The molecule has 0 unspecified atom stereocenters. The maximum atomic E-state index is 13.3. The molecule has 7 aromatic rings. The van der Waals surface area contributed by atoms with Crippen LogP contribution in [0.1, 0.15) is 83.1 Å². The number of anilines is 6. The lowest BCUT2D eigenvalue weighted by Gasteiger charge is -2.29. The Kier molecular flexibility index (Phi) is 22.3. The van der Waals surface area contributed by atoms with Crippen LogP contribution in [0.3, 0.4) is 0 Å². The molecule has 3 atom stereocenters. The molecule has 1 N–H and O–H groups in total. The number of carbonyl (C=O) groups excluding carboxylic acids is 3. The summed E-state index contributed by atoms with van der Waals surface area (Å²) < 4.78 is 56.1. The molecule has 0 bridgehead atoms. The van der Waals surface area contributed by atoms with Gasteiger partial charge in [0, 0.05) is 67.3 Å². The molecule has 522 valence electrons. The lowest BCUT2D eigenvalue weighted by molar-refractivity contribution is -0.121. The van der Waals surface area contributed by atoms with Crippen molar-refractivity contribution in [2.45, 2.75) is 128 Å². The Bertz CT molecular complexity index is 4480. The van der Waals surface area contributed by atoms with Crippen molar-refractivity contribution in [3.05, 3.63) is 201 Å². The number of aryl methyl sites for hydroxylation is 4. The molecule has 13 rings (SSSR count). The van der Waals surface area contributed by atoms with Crippen LogP contribution < -0.4 is 44.4 Å². The van der Waals surface area contributed by atoms with Crippen molar-refractivity contribution in [3.8, 4) is 11.8 Å². The largest absolute Gasteiger partial charge is 0.472 e. The van der Waals surface area contributed by atoms with Crippen LogP contribution in [0.25, 0.3) is 14.5 Å². The van der Waals surface area contributed by atoms with Gasteiger partial charge in [0.15, 0.2) is 32.4 Å². The number of aromatic nitrogens is 3. The van der Waals surface area contributed by atoms with Crippen LogP contribution in [0.5, 0.6) is 11.8 Å². The summed E-state index contributed by atoms with van der Waals surface area (Å²) in [5, 5.41) is 1.08. The van der Waals surface area contributed by atoms with Crippen LogP contribution >= 0.6 is 36.7 Å². The Labute approximate surface area is 602 Å². The highest BCUT2D eigenvalue weighted by Crippen LogP contribution is 2.41. The zero-order chi connectivity index (χ0) is 72.9. The number of hydrogen-bond acceptors (Lipinski definition) is 17. The fourth-order valence-electron chi connectivity index (χ4n) is 11.9. The molecule has 6 aliphatic heterocycles. The Morgan fingerprint density at radius 2 is 0.832 bits per heavy atom. The van der Waals surface area contributed by atoms with Crippen molar-refractivity contribution in [1.82, 2.24) is 15.0 Å². The Morgan fingerprint density at radius 3 is 1.14 bits per heavy atom. The molecule has 3 amide bonds. The van der Waals surface area contributed by atoms with Crippen molar-refractivity contribution in [1.29, 1.82) is 0 Å². The maximum absolute atomic E-state index is 13.3. The summed E-state index contributed by atoms with van der Waals surface area (Å²) in [4.78, 5) is 82.7. The van der Waals surface area contributed by atoms with Crippen LogP contribution in [0, 0.1) is 47.4 Å². The van der Waals surface area contributed by atoms with E-state index in [-0.39, 0.29) is 46.5 Å². The van der Waals surface area contributed by atoms with E-state index in [1.807, 2.05) is 79.7 Å². The maximum Gasteiger partial charge on any atom is 0.297 e. The molecule has 6 fully saturated rings. The summed E-state index contributed by atoms with van der Waals surface area (Å²) in [5.74, 6) is 0.604. The third-order valence-electron chi connectivity index (χ3n) is 17.5. The number of amides is 3. The lowest BCUT2D eigenvalue weighted by Crippen LogP contribution is -2.44. The minimum atomic E-state index is -3.64. The molecule has 24 nitrogen and oxygen atoms in total. The van der Waals surface area contributed by atoms with E-state index in [1.54, 1.807) is 132 Å². The SMILES string of the molecule is Cc1ccc(S(=O)(=O)O[C@H]2CCOC2)cc1.[C-]#[N+]c1ccc(N2C(=O)C(C)(C)N(c3ccc(=O)[nH]c3)C2=S)cc1C.[C-]#[N+]c1ccc(N2C(=O)C(C)(C)N(c3ccc(O[C@@H]4CCOC4)nc3)C2=S)cc1C.[C-]#[N+]c1ccc(N2C(=O)C(C)(C)N(c3ccc(O[C@@H]4CCOC4)nc3)C2=S)cc1C. The average molecular weight is 1440 g/mol. The van der Waals surface area contributed by atoms with E-state index in [4.69, 9.17) is 84.2 Å². The van der Waals surface area contributed by atoms with Crippen LogP contribution in [0.15, 0.2) is 144 Å². The molecule has 6 aliphatic rings. The lowest BCUT2D eigenvalue weighted by atomic mass is 10.0. The molecule has 6 saturated heterocycles. The quantitative estimate of drug-likeness (QED) is 0.0642. The smallest absolute Gasteiger partial charge is 0.297 e. The van der Waals surface area contributed by atoms with Gasteiger partial charge >= 0.3 is 0 Å². The normalized spacial score (nSPS) is 19.6. The van der Waals surface area contributed by atoms with Gasteiger partial charge in [-0.15, -0.1) is 0 Å². The van der Waals surface area contributed by atoms with Gasteiger partial charge in [0.2, 0.25) is 17.3 Å². The standard InChI is InChI=1S/2C22H22N4O3S.C18H16N4O2S.C11H14O4S/c2*1-14-11-15(5-7-18(14)23-4)25-20(27)22(2,3)26(21(25)30)16-6-8-19(24-12-16)29-17-9-10-28-13-17;1-11-9-12(5-7-14(11)19-4)21-16(24)18(2,3)22(17(21)25)13-6-8-15(23)20-10-13;1-9-2-4-11(5-3-9)16(12,13)15-10-6-7-14-8-10/h2*5-8,11-12,17H,9-10,13H2,1-3H3;5-10H,1-3H3,(H,20,23);2-5,10H,6-8H2,1H3/t2*17-;;10-/m11.0/s1. The highest BCUT2D eigenvalue weighted by Gasteiger charge is 2.53. The summed E-state index contributed by atoms with van der Waals surface area (Å²) in [6.45, 7) is 43.4. The first-order valence-corrected chi connectivity index (χ1v) is 34.8. The molecular weight excluding hydrogens is 1370 g/mol. The van der Waals surface area contributed by atoms with Crippen molar-refractivity contribution in [3.63, 3.8) is 0 Å². The molecule has 9 heterocycles. The van der Waals surface area contributed by atoms with E-state index < -0.39 is 26.7 Å². The van der Waals surface area contributed by atoms with E-state index in [0.29, 0.717) is 124 Å². The molecule has 0 aliphatic carbocycles. The van der Waals surface area contributed by atoms with Crippen molar-refractivity contribution in [2.75, 3.05) is 69.0 Å². The predicted octanol–water partition coefficient (Wildman–Crippen LogP) is 12.7. The number of ether oxygens (including phenoxy) is 5. The first kappa shape index (κ1) is 73.8. The van der Waals surface area contributed by atoms with Crippen LogP contribution in [-0.4, -0.2) is 131 Å². The van der Waals surface area contributed by atoms with E-state index in [1.165, 1.54) is 20.8 Å². The van der Waals surface area contributed by atoms with Crippen molar-refractivity contribution < 1.29 is 50.7 Å². The number of thiocarbonyl (C=S) groups is 3. The Balaban J connectivity index is 0.000000148. The van der Waals surface area contributed by atoms with Gasteiger partial charge in [-0.2, -0.15) is 8.42 Å². The molecule has 101 heavy (non-hydrogen) atoms. The zero-order valence-electron chi connectivity index (χ0n) is 57.2. The molecule has 4 aromatic carbocycles. The zero-order valence-corrected chi connectivity index (χ0v) is 60.5. The number of hydrogen-bond donors (Lipinski definition) is 1. The molecule has 0 saturated carbocycles. The van der Waals surface area contributed by atoms with Gasteiger partial charge in [-0.05, 0) is 189 Å². The highest BCUT2D eigenvalue weighted by atomic mass is 32.2. The van der Waals surface area contributed by atoms with Crippen molar-refractivity contribution in [2.24, 2.45) is 0 Å². The first-order chi connectivity index (χ1) is 48.0. The average Bonchev–Trinajstić information content (AvgIpc) is 1.60. The number of nitrogens with one attached hydrogen (secondary N) is 1. The van der Waals surface area contributed by atoms with Gasteiger partial charge in [-0.25, -0.2) is 24.5 Å². The monoisotopic (exact) mass is 1440 g/mol. The fourth-order valence-corrected chi connectivity index (χ4v) is 14.5. The Morgan fingerprint density at radius 1 is 0.485 bits per heavy atom. The Hall–Kier alpha value is -9.93. The van der Waals surface area contributed by atoms with Crippen molar-refractivity contribution >= 4 is 131 Å². The molecule has 28 heteroatoms. The van der Waals surface area contributed by atoms with Gasteiger partial charge in [0.05, 0.1) is 87.1 Å². The number of pyridine rings is 3. The summed E-state index contributed by atoms with van der Waals surface area (Å²) in [7, 11) is -3.64. The summed E-state index contributed by atoms with van der Waals surface area (Å²) in [6.07, 6.45) is 6.91. The van der Waals surface area contributed by atoms with E-state index in [9.17, 15) is 27.6 Å². The van der Waals surface area contributed by atoms with Gasteiger partial charge < -0.3 is 43.4 Å². The minimum Gasteiger partial charge on any atom is -0.472 e. The summed E-state index contributed by atoms with van der Waals surface area (Å²) in [5.41, 5.74) is 6.16. The highest BCUT2D eigenvalue weighted by molar-refractivity contribution is 7.86. The second-order valence-electron chi connectivity index (χ2n) is 25.9. The fraction of sp³-hybridized carbons (Fsp3) is 0.342. The van der Waals surface area contributed by atoms with E-state index >= 15 is 0 Å². The second-order valence-corrected chi connectivity index (χ2v) is 28.5. The van der Waals surface area contributed by atoms with Gasteiger partial charge in [-0.3, -0.25) is 38.1 Å². The predicted molar refractivity (Wildman–Crippen MR) is 396 cm³/mol. The molecule has 0 radical (unpaired) electrons. The van der Waals surface area contributed by atoms with Gasteiger partial charge in [-0.1, -0.05) is 35.9 Å². The summed E-state index contributed by atoms with van der Waals surface area (Å²) in [6, 6.07) is 32.7. The molecule has 0 spiro atoms. The van der Waals surface area contributed by atoms with E-state index in [2.05, 4.69) is 29.5 Å². The number of aromatic amines is 1. The minimum absolute atomic E-state index is 0.0198. The van der Waals surface area contributed by atoms with Crippen LogP contribution in [-0.2, 0) is 42.9 Å². The number of carbonyl (C=O) groups is 3. The number of H-pyrrole nitrogens is 1. The molecular formula is C73H74N12O12S4. The topological polar surface area (TPSA) is 232 Å².